The van der Waals surface area contributed by atoms with Crippen molar-refractivity contribution in [2.24, 2.45) is 5.92 Å². The minimum atomic E-state index is -1.42. The first kappa shape index (κ1) is 19.3. The van der Waals surface area contributed by atoms with Crippen LogP contribution in [0.5, 0.6) is 0 Å². The number of halogens is 3. The molecule has 1 aliphatic carbocycles. The Bertz CT molecular complexity index is 884. The maximum Gasteiger partial charge on any atom is 0.155 e. The number of rotatable bonds is 5. The number of aryl methyl sites for hydroxylation is 1. The highest BCUT2D eigenvalue weighted by molar-refractivity contribution is 6.34. The lowest BCUT2D eigenvalue weighted by molar-refractivity contribution is 0.219. The molecular weight excluding hydrogens is 389 g/mol. The summed E-state index contributed by atoms with van der Waals surface area (Å²) in [6.07, 6.45) is 0. The topological polar surface area (TPSA) is 32.3 Å². The highest BCUT2D eigenvalue weighted by Crippen LogP contribution is 2.63. The van der Waals surface area contributed by atoms with Gasteiger partial charge in [0.2, 0.25) is 0 Å². The summed E-state index contributed by atoms with van der Waals surface area (Å²) in [5, 5.41) is 13.5. The maximum absolute atomic E-state index is 10.6. The second kappa shape index (κ2) is 6.94. The van der Waals surface area contributed by atoms with E-state index in [0.717, 1.165) is 28.0 Å². The number of anilines is 1. The molecule has 26 heavy (non-hydrogen) atoms. The van der Waals surface area contributed by atoms with E-state index >= 15 is 0 Å². The highest BCUT2D eigenvalue weighted by Gasteiger charge is 2.65. The van der Waals surface area contributed by atoms with Crippen LogP contribution >= 0.6 is 34.8 Å². The summed E-state index contributed by atoms with van der Waals surface area (Å²) in [5.74, 6) is -0.681. The Balaban J connectivity index is 1.82. The summed E-state index contributed by atoms with van der Waals surface area (Å²) >= 11 is 18.5. The van der Waals surface area contributed by atoms with Gasteiger partial charge in [-0.2, -0.15) is 0 Å². The van der Waals surface area contributed by atoms with Crippen LogP contribution in [0.2, 0.25) is 10.0 Å². The molecule has 1 saturated carbocycles. The molecule has 2 nitrogen and oxygen atoms in total. The van der Waals surface area contributed by atoms with Crippen LogP contribution < -0.4 is 5.32 Å². The second-order valence-electron chi connectivity index (χ2n) is 6.85. The molecule has 2 aromatic rings. The van der Waals surface area contributed by atoms with Gasteiger partial charge in [0, 0.05) is 27.3 Å². The van der Waals surface area contributed by atoms with Crippen LogP contribution in [-0.4, -0.2) is 10.2 Å². The van der Waals surface area contributed by atoms with Gasteiger partial charge in [0.25, 0.3) is 0 Å². The van der Waals surface area contributed by atoms with Crippen LogP contribution in [-0.2, 0) is 0 Å². The molecule has 3 rings (SSSR count). The lowest BCUT2D eigenvalue weighted by Crippen LogP contribution is -2.08. The zero-order valence-corrected chi connectivity index (χ0v) is 16.9. The SMILES string of the molecule is C=C(C)c1cc(NC(=C)C2C(c3cc(Cl)cc(Cl)c3)C2(O)Cl)ccc1C. The summed E-state index contributed by atoms with van der Waals surface area (Å²) in [6.45, 7) is 12.1. The molecule has 0 spiro atoms. The van der Waals surface area contributed by atoms with Crippen LogP contribution in [0.15, 0.2) is 55.3 Å². The zero-order valence-electron chi connectivity index (χ0n) is 14.6. The van der Waals surface area contributed by atoms with Crippen LogP contribution in [0.1, 0.15) is 29.5 Å². The van der Waals surface area contributed by atoms with Gasteiger partial charge in [0.1, 0.15) is 0 Å². The Labute approximate surface area is 169 Å². The first-order valence-electron chi connectivity index (χ1n) is 8.21. The Kier molecular flexibility index (Phi) is 5.15. The Morgan fingerprint density at radius 1 is 1.12 bits per heavy atom. The molecular formula is C21H20Cl3NO. The molecule has 3 atom stereocenters. The van der Waals surface area contributed by atoms with Gasteiger partial charge in [-0.25, -0.2) is 0 Å². The standard InChI is InChI=1S/C21H20Cl3NO/c1-11(2)18-10-17(6-5-12(18)3)25-13(4)19-20(21(19,24)26)14-7-15(22)9-16(23)8-14/h5-10,19-20,25-26H,1,4H2,2-3H3. The van der Waals surface area contributed by atoms with Crippen molar-refractivity contribution in [3.63, 3.8) is 0 Å². The minimum Gasteiger partial charge on any atom is -0.374 e. The van der Waals surface area contributed by atoms with Gasteiger partial charge in [-0.1, -0.05) is 59.6 Å². The molecule has 2 N–H and O–H groups in total. The number of nitrogens with one attached hydrogen (secondary N) is 1. The molecule has 0 amide bonds. The quantitative estimate of drug-likeness (QED) is 0.546. The van der Waals surface area contributed by atoms with Gasteiger partial charge >= 0.3 is 0 Å². The first-order chi connectivity index (χ1) is 12.1. The number of alkyl halides is 1. The van der Waals surface area contributed by atoms with Crippen molar-refractivity contribution in [2.45, 2.75) is 24.8 Å². The average molecular weight is 409 g/mol. The third kappa shape index (κ3) is 3.65. The molecule has 0 heterocycles. The van der Waals surface area contributed by atoms with Gasteiger partial charge in [0.15, 0.2) is 5.06 Å². The molecule has 1 aliphatic rings. The van der Waals surface area contributed by atoms with Gasteiger partial charge < -0.3 is 10.4 Å². The number of benzene rings is 2. The molecule has 1 fully saturated rings. The lowest BCUT2D eigenvalue weighted by Gasteiger charge is -2.13. The van der Waals surface area contributed by atoms with E-state index in [1.807, 2.05) is 32.0 Å². The molecule has 3 unspecified atom stereocenters. The molecule has 0 radical (unpaired) electrons. The second-order valence-corrected chi connectivity index (χ2v) is 8.32. The Hall–Kier alpha value is -1.45. The van der Waals surface area contributed by atoms with E-state index in [-0.39, 0.29) is 11.8 Å². The minimum absolute atomic E-state index is 0.327. The highest BCUT2D eigenvalue weighted by atomic mass is 35.5. The van der Waals surface area contributed by atoms with E-state index in [1.165, 1.54) is 0 Å². The van der Waals surface area contributed by atoms with Gasteiger partial charge in [0.05, 0.1) is 5.92 Å². The fourth-order valence-corrected chi connectivity index (χ4v) is 4.38. The fraction of sp³-hybridized carbons (Fsp3) is 0.238. The number of allylic oxidation sites excluding steroid dienone is 1. The smallest absolute Gasteiger partial charge is 0.155 e. The van der Waals surface area contributed by atoms with Crippen molar-refractivity contribution in [3.8, 4) is 0 Å². The number of hydrogen-bond acceptors (Lipinski definition) is 2. The summed E-state index contributed by atoms with van der Waals surface area (Å²) in [5.41, 5.74) is 5.53. The van der Waals surface area contributed by atoms with Gasteiger partial charge in [-0.15, -0.1) is 0 Å². The Morgan fingerprint density at radius 3 is 2.31 bits per heavy atom. The summed E-state index contributed by atoms with van der Waals surface area (Å²) in [6, 6.07) is 11.2. The molecule has 136 valence electrons. The number of hydrogen-bond donors (Lipinski definition) is 2. The molecule has 0 saturated heterocycles. The van der Waals surface area contributed by atoms with Crippen molar-refractivity contribution in [2.75, 3.05) is 5.32 Å². The molecule has 2 aromatic carbocycles. The Morgan fingerprint density at radius 2 is 1.73 bits per heavy atom. The van der Waals surface area contributed by atoms with Crippen molar-refractivity contribution < 1.29 is 5.11 Å². The van der Waals surface area contributed by atoms with E-state index in [9.17, 15) is 5.11 Å². The van der Waals surface area contributed by atoms with E-state index < -0.39 is 5.06 Å². The molecule has 5 heteroatoms. The molecule has 0 aromatic heterocycles. The molecule has 0 bridgehead atoms. The predicted octanol–water partition coefficient (Wildman–Crippen LogP) is 6.60. The van der Waals surface area contributed by atoms with E-state index in [0.29, 0.717) is 15.7 Å². The van der Waals surface area contributed by atoms with Crippen molar-refractivity contribution in [1.29, 1.82) is 0 Å². The third-order valence-corrected chi connectivity index (χ3v) is 5.62. The summed E-state index contributed by atoms with van der Waals surface area (Å²) < 4.78 is 0. The third-order valence-electron chi connectivity index (χ3n) is 4.72. The van der Waals surface area contributed by atoms with Crippen LogP contribution in [0.25, 0.3) is 5.57 Å². The van der Waals surface area contributed by atoms with Crippen LogP contribution in [0, 0.1) is 12.8 Å². The van der Waals surface area contributed by atoms with Crippen molar-refractivity contribution in [3.05, 3.63) is 82.0 Å². The summed E-state index contributed by atoms with van der Waals surface area (Å²) in [7, 11) is 0. The van der Waals surface area contributed by atoms with Crippen molar-refractivity contribution in [1.82, 2.24) is 0 Å². The van der Waals surface area contributed by atoms with Crippen LogP contribution in [0.3, 0.4) is 0 Å². The van der Waals surface area contributed by atoms with E-state index in [2.05, 4.69) is 18.5 Å². The summed E-state index contributed by atoms with van der Waals surface area (Å²) in [4.78, 5) is 0. The zero-order chi connectivity index (χ0) is 19.2. The van der Waals surface area contributed by atoms with Gasteiger partial charge in [-0.3, -0.25) is 0 Å². The monoisotopic (exact) mass is 407 g/mol. The van der Waals surface area contributed by atoms with E-state index in [4.69, 9.17) is 34.8 Å². The molecule has 0 aliphatic heterocycles. The fourth-order valence-electron chi connectivity index (χ4n) is 3.39. The number of aliphatic hydroxyl groups is 1. The average Bonchev–Trinajstić information content (AvgIpc) is 3.10. The van der Waals surface area contributed by atoms with Crippen LogP contribution in [0.4, 0.5) is 5.69 Å². The largest absolute Gasteiger partial charge is 0.374 e. The normalized spacial score (nSPS) is 24.2. The first-order valence-corrected chi connectivity index (χ1v) is 9.34. The predicted molar refractivity (Wildman–Crippen MR) is 112 cm³/mol. The van der Waals surface area contributed by atoms with Gasteiger partial charge in [-0.05, 0) is 60.9 Å². The van der Waals surface area contributed by atoms with Crippen molar-refractivity contribution >= 4 is 46.1 Å². The lowest BCUT2D eigenvalue weighted by atomic mass is 10.0. The van der Waals surface area contributed by atoms with E-state index in [1.54, 1.807) is 18.2 Å². The maximum atomic E-state index is 10.6.